The molecule has 5 heteroatoms. The number of carbonyl (C=O) groups excluding carboxylic acids is 1. The minimum Gasteiger partial charge on any atom is -0.507 e. The van der Waals surface area contributed by atoms with Gasteiger partial charge in [0.15, 0.2) is 0 Å². The van der Waals surface area contributed by atoms with Crippen molar-refractivity contribution in [2.45, 2.75) is 37.8 Å². The Morgan fingerprint density at radius 2 is 2.16 bits per heavy atom. The van der Waals surface area contributed by atoms with E-state index in [2.05, 4.69) is 5.32 Å². The molecular weight excluding hydrogens is 249 g/mol. The third kappa shape index (κ3) is 3.04. The van der Waals surface area contributed by atoms with E-state index in [0.717, 1.165) is 31.7 Å². The second-order valence-electron chi connectivity index (χ2n) is 4.77. The molecule has 104 valence electrons. The number of methoxy groups -OCH3 is 1. The van der Waals surface area contributed by atoms with Crippen LogP contribution >= 0.6 is 0 Å². The second-order valence-corrected chi connectivity index (χ2v) is 4.77. The van der Waals surface area contributed by atoms with Gasteiger partial charge in [-0.15, -0.1) is 0 Å². The first-order valence-electron chi connectivity index (χ1n) is 6.44. The van der Waals surface area contributed by atoms with Crippen molar-refractivity contribution in [1.82, 2.24) is 5.32 Å². The molecule has 0 saturated heterocycles. The van der Waals surface area contributed by atoms with Gasteiger partial charge in [-0.2, -0.15) is 0 Å². The van der Waals surface area contributed by atoms with Crippen LogP contribution in [0.2, 0.25) is 0 Å². The Balaban J connectivity index is 2.12. The first-order valence-corrected chi connectivity index (χ1v) is 6.44. The van der Waals surface area contributed by atoms with E-state index >= 15 is 0 Å². The Morgan fingerprint density at radius 3 is 2.84 bits per heavy atom. The van der Waals surface area contributed by atoms with E-state index < -0.39 is 11.7 Å². The number of benzene rings is 1. The summed E-state index contributed by atoms with van der Waals surface area (Å²) in [5.74, 6) is -1.66. The molecule has 0 aromatic heterocycles. The van der Waals surface area contributed by atoms with Gasteiger partial charge in [-0.05, 0) is 25.0 Å². The smallest absolute Gasteiger partial charge is 0.258 e. The molecule has 1 saturated carbocycles. The Bertz CT molecular complexity index is 444. The maximum absolute atomic E-state index is 13.6. The van der Waals surface area contributed by atoms with Gasteiger partial charge in [-0.1, -0.05) is 18.9 Å². The van der Waals surface area contributed by atoms with E-state index in [1.54, 1.807) is 7.11 Å². The van der Waals surface area contributed by atoms with E-state index in [4.69, 9.17) is 4.74 Å². The Kier molecular flexibility index (Phi) is 4.37. The molecule has 1 amide bonds. The lowest BCUT2D eigenvalue weighted by Gasteiger charge is -2.31. The van der Waals surface area contributed by atoms with Crippen LogP contribution in [0.5, 0.6) is 5.75 Å². The molecular formula is C14H18FNO3. The Morgan fingerprint density at radius 1 is 1.42 bits per heavy atom. The Hall–Kier alpha value is -1.62. The number of hydrogen-bond acceptors (Lipinski definition) is 3. The summed E-state index contributed by atoms with van der Waals surface area (Å²) in [5.41, 5.74) is -0.303. The van der Waals surface area contributed by atoms with Crippen LogP contribution in [-0.4, -0.2) is 30.3 Å². The number of ether oxygens (including phenoxy) is 1. The van der Waals surface area contributed by atoms with Crippen molar-refractivity contribution in [3.63, 3.8) is 0 Å². The van der Waals surface area contributed by atoms with Gasteiger partial charge in [0.2, 0.25) is 0 Å². The van der Waals surface area contributed by atoms with Crippen molar-refractivity contribution in [3.8, 4) is 5.75 Å². The number of carbonyl (C=O) groups is 1. The normalized spacial score (nSPS) is 23.1. The van der Waals surface area contributed by atoms with Crippen LogP contribution in [0.1, 0.15) is 36.0 Å². The summed E-state index contributed by atoms with van der Waals surface area (Å²) in [6, 6.07) is 3.68. The van der Waals surface area contributed by atoms with Crippen molar-refractivity contribution in [3.05, 3.63) is 29.6 Å². The Labute approximate surface area is 111 Å². The maximum atomic E-state index is 13.6. The summed E-state index contributed by atoms with van der Waals surface area (Å²) < 4.78 is 18.9. The summed E-state index contributed by atoms with van der Waals surface area (Å²) in [7, 11) is 1.61. The fourth-order valence-electron chi connectivity index (χ4n) is 2.52. The topological polar surface area (TPSA) is 58.6 Å². The van der Waals surface area contributed by atoms with Gasteiger partial charge in [0.05, 0.1) is 12.1 Å². The molecule has 0 unspecified atom stereocenters. The molecule has 0 aliphatic heterocycles. The minimum atomic E-state index is -0.720. The predicted molar refractivity (Wildman–Crippen MR) is 68.6 cm³/mol. The van der Waals surface area contributed by atoms with Crippen molar-refractivity contribution < 1.29 is 19.0 Å². The zero-order valence-corrected chi connectivity index (χ0v) is 10.9. The first-order chi connectivity index (χ1) is 9.13. The summed E-state index contributed by atoms with van der Waals surface area (Å²) in [6.07, 6.45) is 3.71. The molecule has 2 rings (SSSR count). The van der Waals surface area contributed by atoms with Crippen LogP contribution in [-0.2, 0) is 4.74 Å². The van der Waals surface area contributed by atoms with Crippen molar-refractivity contribution in [2.75, 3.05) is 7.11 Å². The molecule has 1 fully saturated rings. The summed E-state index contributed by atoms with van der Waals surface area (Å²) in [4.78, 5) is 12.0. The lowest BCUT2D eigenvalue weighted by Crippen LogP contribution is -2.46. The van der Waals surface area contributed by atoms with E-state index in [1.165, 1.54) is 12.1 Å². The third-order valence-electron chi connectivity index (χ3n) is 3.54. The summed E-state index contributed by atoms with van der Waals surface area (Å²) >= 11 is 0. The molecule has 1 aliphatic carbocycles. The molecule has 19 heavy (non-hydrogen) atoms. The second kappa shape index (κ2) is 6.02. The fourth-order valence-corrected chi connectivity index (χ4v) is 2.52. The number of rotatable bonds is 3. The van der Waals surface area contributed by atoms with E-state index in [0.29, 0.717) is 0 Å². The summed E-state index contributed by atoms with van der Waals surface area (Å²) in [6.45, 7) is 0. The highest BCUT2D eigenvalue weighted by Crippen LogP contribution is 2.23. The van der Waals surface area contributed by atoms with Crippen molar-refractivity contribution in [1.29, 1.82) is 0 Å². The van der Waals surface area contributed by atoms with Gasteiger partial charge in [-0.25, -0.2) is 4.39 Å². The molecule has 0 heterocycles. The zero-order chi connectivity index (χ0) is 13.8. The lowest BCUT2D eigenvalue weighted by atomic mass is 9.92. The molecule has 0 spiro atoms. The highest BCUT2D eigenvalue weighted by molar-refractivity contribution is 5.97. The molecule has 0 radical (unpaired) electrons. The van der Waals surface area contributed by atoms with Gasteiger partial charge >= 0.3 is 0 Å². The average Bonchev–Trinajstić information content (AvgIpc) is 2.39. The molecule has 4 nitrogen and oxygen atoms in total. The molecule has 1 aromatic rings. The highest BCUT2D eigenvalue weighted by atomic mass is 19.1. The minimum absolute atomic E-state index is 0.0494. The fraction of sp³-hybridized carbons (Fsp3) is 0.500. The zero-order valence-electron chi connectivity index (χ0n) is 10.9. The largest absolute Gasteiger partial charge is 0.507 e. The molecule has 2 atom stereocenters. The number of aromatic hydroxyl groups is 1. The number of hydrogen-bond donors (Lipinski definition) is 2. The van der Waals surface area contributed by atoms with Crippen LogP contribution in [0.3, 0.4) is 0 Å². The lowest BCUT2D eigenvalue weighted by molar-refractivity contribution is 0.0391. The van der Waals surface area contributed by atoms with Gasteiger partial charge in [0, 0.05) is 7.11 Å². The number of phenols is 1. The first kappa shape index (κ1) is 13.8. The monoisotopic (exact) mass is 267 g/mol. The molecule has 1 aromatic carbocycles. The van der Waals surface area contributed by atoms with Gasteiger partial charge < -0.3 is 15.2 Å². The van der Waals surface area contributed by atoms with E-state index in [-0.39, 0.29) is 23.5 Å². The van der Waals surface area contributed by atoms with Crippen molar-refractivity contribution in [2.24, 2.45) is 0 Å². The van der Waals surface area contributed by atoms with E-state index in [9.17, 15) is 14.3 Å². The summed E-state index contributed by atoms with van der Waals surface area (Å²) in [5, 5.41) is 12.3. The molecule has 1 aliphatic rings. The van der Waals surface area contributed by atoms with Crippen LogP contribution in [0.15, 0.2) is 18.2 Å². The van der Waals surface area contributed by atoms with Gasteiger partial charge in [0.1, 0.15) is 17.1 Å². The van der Waals surface area contributed by atoms with Gasteiger partial charge in [-0.3, -0.25) is 4.79 Å². The molecule has 2 N–H and O–H groups in total. The standard InChI is InChI=1S/C14H18FNO3/c1-19-12-8-3-2-6-10(12)16-14(18)13-9(15)5-4-7-11(13)17/h4-5,7,10,12,17H,2-3,6,8H2,1H3,(H,16,18)/t10-,12-/m0/s1. The number of amides is 1. The van der Waals surface area contributed by atoms with Crippen LogP contribution in [0.4, 0.5) is 4.39 Å². The van der Waals surface area contributed by atoms with Gasteiger partial charge in [0.25, 0.3) is 5.91 Å². The number of halogens is 1. The maximum Gasteiger partial charge on any atom is 0.258 e. The van der Waals surface area contributed by atoms with Crippen molar-refractivity contribution >= 4 is 5.91 Å². The molecule has 0 bridgehead atoms. The third-order valence-corrected chi connectivity index (χ3v) is 3.54. The van der Waals surface area contributed by atoms with Crippen LogP contribution in [0, 0.1) is 5.82 Å². The number of nitrogens with one attached hydrogen (secondary N) is 1. The SMILES string of the molecule is CO[C@H]1CCCC[C@@H]1NC(=O)c1c(O)cccc1F. The van der Waals surface area contributed by atoms with E-state index in [1.807, 2.05) is 0 Å². The van der Waals surface area contributed by atoms with Crippen LogP contribution in [0.25, 0.3) is 0 Å². The highest BCUT2D eigenvalue weighted by Gasteiger charge is 2.28. The quantitative estimate of drug-likeness (QED) is 0.882. The average molecular weight is 267 g/mol. The predicted octanol–water partition coefficient (Wildman–Crippen LogP) is 2.22. The number of phenolic OH excluding ortho intramolecular Hbond substituents is 1. The van der Waals surface area contributed by atoms with Crippen LogP contribution < -0.4 is 5.32 Å².